The summed E-state index contributed by atoms with van der Waals surface area (Å²) in [6.07, 6.45) is 1.20. The molecule has 1 saturated heterocycles. The number of anilines is 2. The van der Waals surface area contributed by atoms with Gasteiger partial charge in [-0.3, -0.25) is 9.59 Å². The van der Waals surface area contributed by atoms with E-state index >= 15 is 0 Å². The molecule has 0 saturated carbocycles. The number of hydrogen-bond acceptors (Lipinski definition) is 4. The number of amides is 1. The van der Waals surface area contributed by atoms with E-state index in [4.69, 9.17) is 0 Å². The molecule has 1 aliphatic rings. The number of nitrogens with one attached hydrogen (secondary N) is 1. The number of carbonyl (C=O) groups excluding carboxylic acids is 2. The molecular formula is C24H26N4O2. The minimum Gasteiger partial charge on any atom is -0.371 e. The molecule has 1 atom stereocenters. The Balaban J connectivity index is 1.49. The van der Waals surface area contributed by atoms with Crippen LogP contribution < -0.4 is 10.2 Å². The van der Waals surface area contributed by atoms with Gasteiger partial charge in [0.1, 0.15) is 0 Å². The molecule has 4 rings (SSSR count). The molecule has 6 heteroatoms. The number of para-hydroxylation sites is 1. The van der Waals surface area contributed by atoms with Crippen LogP contribution in [0.25, 0.3) is 5.69 Å². The van der Waals surface area contributed by atoms with E-state index in [1.54, 1.807) is 18.5 Å². The summed E-state index contributed by atoms with van der Waals surface area (Å²) in [4.78, 5) is 27.9. The Bertz CT molecular complexity index is 1070. The average Bonchev–Trinajstić information content (AvgIpc) is 3.31. The van der Waals surface area contributed by atoms with Crippen LogP contribution in [0, 0.1) is 19.8 Å². The van der Waals surface area contributed by atoms with Gasteiger partial charge in [0, 0.05) is 24.5 Å². The zero-order chi connectivity index (χ0) is 21.3. The lowest BCUT2D eigenvalue weighted by atomic mass is 10.1. The van der Waals surface area contributed by atoms with Crippen molar-refractivity contribution in [2.75, 3.05) is 23.3 Å². The molecule has 1 aromatic heterocycles. The van der Waals surface area contributed by atoms with Crippen LogP contribution in [0.5, 0.6) is 0 Å². The van der Waals surface area contributed by atoms with Crippen molar-refractivity contribution in [3.05, 3.63) is 71.5 Å². The maximum absolute atomic E-state index is 12.9. The Morgan fingerprint density at radius 2 is 1.70 bits per heavy atom. The Hall–Kier alpha value is -3.41. The SMILES string of the molecule is Cc1nn(-c2ccccc2)c(C)c1C(=O)C(=O)Nc1ccc(N2CCC(C)C2)cc1. The Kier molecular flexibility index (Phi) is 5.40. The molecule has 6 nitrogen and oxygen atoms in total. The van der Waals surface area contributed by atoms with Crippen LogP contribution in [-0.2, 0) is 4.79 Å². The summed E-state index contributed by atoms with van der Waals surface area (Å²) in [5.41, 5.74) is 4.13. The second kappa shape index (κ2) is 8.14. The lowest BCUT2D eigenvalue weighted by molar-refractivity contribution is -0.112. The number of nitrogens with zero attached hydrogens (tertiary/aromatic N) is 3. The maximum atomic E-state index is 12.9. The Labute approximate surface area is 176 Å². The topological polar surface area (TPSA) is 67.2 Å². The third kappa shape index (κ3) is 3.85. The average molecular weight is 402 g/mol. The van der Waals surface area contributed by atoms with Crippen LogP contribution in [0.15, 0.2) is 54.6 Å². The molecule has 1 aliphatic heterocycles. The van der Waals surface area contributed by atoms with E-state index in [1.807, 2.05) is 54.6 Å². The van der Waals surface area contributed by atoms with E-state index in [-0.39, 0.29) is 0 Å². The lowest BCUT2D eigenvalue weighted by Crippen LogP contribution is -2.24. The summed E-state index contributed by atoms with van der Waals surface area (Å²) in [5, 5.41) is 7.19. The van der Waals surface area contributed by atoms with Crippen LogP contribution in [0.4, 0.5) is 11.4 Å². The first kappa shape index (κ1) is 19.9. The van der Waals surface area contributed by atoms with E-state index < -0.39 is 11.7 Å². The molecule has 1 amide bonds. The van der Waals surface area contributed by atoms with Gasteiger partial charge in [-0.05, 0) is 62.6 Å². The van der Waals surface area contributed by atoms with Crippen molar-refractivity contribution in [2.45, 2.75) is 27.2 Å². The number of benzene rings is 2. The predicted molar refractivity (Wildman–Crippen MR) is 118 cm³/mol. The number of aryl methyl sites for hydroxylation is 1. The summed E-state index contributed by atoms with van der Waals surface area (Å²) in [5.74, 6) is -0.536. The zero-order valence-electron chi connectivity index (χ0n) is 17.6. The predicted octanol–water partition coefficient (Wildman–Crippen LogP) is 4.16. The molecule has 1 N–H and O–H groups in total. The summed E-state index contributed by atoms with van der Waals surface area (Å²) in [7, 11) is 0. The van der Waals surface area contributed by atoms with Gasteiger partial charge in [-0.25, -0.2) is 4.68 Å². The van der Waals surface area contributed by atoms with E-state index in [2.05, 4.69) is 22.2 Å². The standard InChI is InChI=1S/C24H26N4O2/c1-16-13-14-27(15-16)20-11-9-19(10-12-20)25-24(30)23(29)22-17(2)26-28(18(22)3)21-7-5-4-6-8-21/h4-12,16H,13-15H2,1-3H3,(H,25,30). The lowest BCUT2D eigenvalue weighted by Gasteiger charge is -2.18. The van der Waals surface area contributed by atoms with Gasteiger partial charge in [0.05, 0.1) is 22.6 Å². The van der Waals surface area contributed by atoms with Crippen LogP contribution in [0.1, 0.15) is 35.1 Å². The minimum atomic E-state index is -0.656. The quantitative estimate of drug-likeness (QED) is 0.514. The molecule has 154 valence electrons. The number of ketones is 1. The summed E-state index contributed by atoms with van der Waals surface area (Å²) < 4.78 is 1.70. The molecule has 3 aromatic rings. The van der Waals surface area contributed by atoms with Gasteiger partial charge < -0.3 is 10.2 Å². The van der Waals surface area contributed by atoms with Gasteiger partial charge in [-0.1, -0.05) is 25.1 Å². The van der Waals surface area contributed by atoms with Gasteiger partial charge in [0.25, 0.3) is 11.7 Å². The van der Waals surface area contributed by atoms with Crippen molar-refractivity contribution in [3.63, 3.8) is 0 Å². The Morgan fingerprint density at radius 3 is 2.33 bits per heavy atom. The zero-order valence-corrected chi connectivity index (χ0v) is 17.6. The molecule has 0 bridgehead atoms. The number of aromatic nitrogens is 2. The molecule has 0 aliphatic carbocycles. The second-order valence-electron chi connectivity index (χ2n) is 7.96. The fourth-order valence-corrected chi connectivity index (χ4v) is 4.02. The first-order valence-electron chi connectivity index (χ1n) is 10.3. The summed E-state index contributed by atoms with van der Waals surface area (Å²) in [6.45, 7) is 7.91. The smallest absolute Gasteiger partial charge is 0.296 e. The highest BCUT2D eigenvalue weighted by molar-refractivity contribution is 6.47. The Morgan fingerprint density at radius 1 is 1.00 bits per heavy atom. The molecule has 0 spiro atoms. The van der Waals surface area contributed by atoms with Gasteiger partial charge in [0.15, 0.2) is 0 Å². The van der Waals surface area contributed by atoms with Crippen LogP contribution >= 0.6 is 0 Å². The summed E-state index contributed by atoms with van der Waals surface area (Å²) >= 11 is 0. The maximum Gasteiger partial charge on any atom is 0.296 e. The third-order valence-corrected chi connectivity index (χ3v) is 5.64. The van der Waals surface area contributed by atoms with E-state index in [1.165, 1.54) is 6.42 Å². The van der Waals surface area contributed by atoms with E-state index in [0.29, 0.717) is 28.6 Å². The normalized spacial score (nSPS) is 16.0. The largest absolute Gasteiger partial charge is 0.371 e. The summed E-state index contributed by atoms with van der Waals surface area (Å²) in [6, 6.07) is 17.2. The van der Waals surface area contributed by atoms with Gasteiger partial charge >= 0.3 is 0 Å². The van der Waals surface area contributed by atoms with Crippen molar-refractivity contribution in [1.29, 1.82) is 0 Å². The van der Waals surface area contributed by atoms with E-state index in [0.717, 1.165) is 24.5 Å². The highest BCUT2D eigenvalue weighted by atomic mass is 16.2. The number of carbonyl (C=O) groups is 2. The highest BCUT2D eigenvalue weighted by Gasteiger charge is 2.25. The molecule has 2 aromatic carbocycles. The van der Waals surface area contributed by atoms with Crippen molar-refractivity contribution in [3.8, 4) is 5.69 Å². The van der Waals surface area contributed by atoms with Crippen molar-refractivity contribution >= 4 is 23.1 Å². The van der Waals surface area contributed by atoms with Gasteiger partial charge in [0.2, 0.25) is 0 Å². The minimum absolute atomic E-state index is 0.346. The van der Waals surface area contributed by atoms with E-state index in [9.17, 15) is 9.59 Å². The number of Topliss-reactive ketones (excluding diaryl/α,β-unsaturated/α-hetero) is 1. The first-order valence-corrected chi connectivity index (χ1v) is 10.3. The molecule has 30 heavy (non-hydrogen) atoms. The van der Waals surface area contributed by atoms with Gasteiger partial charge in [-0.15, -0.1) is 0 Å². The number of hydrogen-bond donors (Lipinski definition) is 1. The fourth-order valence-electron chi connectivity index (χ4n) is 4.02. The van der Waals surface area contributed by atoms with Crippen LogP contribution in [-0.4, -0.2) is 34.6 Å². The van der Waals surface area contributed by atoms with Crippen LogP contribution in [0.2, 0.25) is 0 Å². The molecule has 0 radical (unpaired) electrons. The fraction of sp³-hybridized carbons (Fsp3) is 0.292. The van der Waals surface area contributed by atoms with Gasteiger partial charge in [-0.2, -0.15) is 5.10 Å². The van der Waals surface area contributed by atoms with Crippen molar-refractivity contribution < 1.29 is 9.59 Å². The molecular weight excluding hydrogens is 376 g/mol. The highest BCUT2D eigenvalue weighted by Crippen LogP contribution is 2.25. The van der Waals surface area contributed by atoms with Crippen molar-refractivity contribution in [2.24, 2.45) is 5.92 Å². The first-order chi connectivity index (χ1) is 14.4. The monoisotopic (exact) mass is 402 g/mol. The van der Waals surface area contributed by atoms with Crippen LogP contribution in [0.3, 0.4) is 0 Å². The second-order valence-corrected chi connectivity index (χ2v) is 7.96. The van der Waals surface area contributed by atoms with Crippen molar-refractivity contribution in [1.82, 2.24) is 9.78 Å². The molecule has 2 heterocycles. The third-order valence-electron chi connectivity index (χ3n) is 5.64. The molecule has 1 fully saturated rings. The molecule has 1 unspecified atom stereocenters. The number of rotatable bonds is 5.